The number of carbonyl (C=O) groups excluding carboxylic acids is 3. The highest BCUT2D eigenvalue weighted by atomic mass is 16.7. The van der Waals surface area contributed by atoms with Crippen LogP contribution >= 0.6 is 0 Å². The van der Waals surface area contributed by atoms with E-state index in [9.17, 15) is 14.4 Å². The second-order valence-corrected chi connectivity index (χ2v) is 11.2. The van der Waals surface area contributed by atoms with Gasteiger partial charge >= 0.3 is 0 Å². The number of imidazole rings is 1. The first-order valence-electron chi connectivity index (χ1n) is 15.0. The summed E-state index contributed by atoms with van der Waals surface area (Å²) in [6.07, 6.45) is 10.4. The molecule has 3 rings (SSSR count). The molecular formula is C34H45N5O4. The maximum atomic E-state index is 14.0. The van der Waals surface area contributed by atoms with E-state index in [-0.39, 0.29) is 56.2 Å². The summed E-state index contributed by atoms with van der Waals surface area (Å²) in [6, 6.07) is 18.2. The maximum Gasteiger partial charge on any atom is 0.268 e. The third kappa shape index (κ3) is 11.2. The predicted octanol–water partition coefficient (Wildman–Crippen LogP) is 5.66. The molecule has 0 unspecified atom stereocenters. The van der Waals surface area contributed by atoms with Crippen LogP contribution in [0.5, 0.6) is 0 Å². The Morgan fingerprint density at radius 1 is 1.00 bits per heavy atom. The average Bonchev–Trinajstić information content (AvgIpc) is 3.52. The van der Waals surface area contributed by atoms with Crippen LogP contribution in [0.15, 0.2) is 85.5 Å². The molecule has 230 valence electrons. The summed E-state index contributed by atoms with van der Waals surface area (Å²) < 4.78 is 1.66. The van der Waals surface area contributed by atoms with E-state index in [1.807, 2.05) is 101 Å². The Morgan fingerprint density at radius 2 is 1.70 bits per heavy atom. The van der Waals surface area contributed by atoms with Crippen molar-refractivity contribution in [2.24, 2.45) is 11.8 Å². The number of hydrazine groups is 1. The molecule has 0 aliphatic carbocycles. The van der Waals surface area contributed by atoms with Gasteiger partial charge in [-0.25, -0.2) is 20.5 Å². The fraction of sp³-hybridized carbons (Fsp3) is 0.412. The Labute approximate surface area is 255 Å². The fourth-order valence-electron chi connectivity index (χ4n) is 4.40. The summed E-state index contributed by atoms with van der Waals surface area (Å²) in [6.45, 7) is 8.60. The van der Waals surface area contributed by atoms with Crippen molar-refractivity contribution in [2.45, 2.75) is 72.6 Å². The summed E-state index contributed by atoms with van der Waals surface area (Å²) in [5, 5.41) is 2.85. The molecule has 9 nitrogen and oxygen atoms in total. The van der Waals surface area contributed by atoms with Gasteiger partial charge in [0.25, 0.3) is 11.8 Å². The van der Waals surface area contributed by atoms with Crippen molar-refractivity contribution in [3.63, 3.8) is 0 Å². The molecule has 1 aromatic heterocycles. The van der Waals surface area contributed by atoms with Crippen molar-refractivity contribution < 1.29 is 19.2 Å². The van der Waals surface area contributed by atoms with Crippen molar-refractivity contribution in [2.75, 3.05) is 6.54 Å². The van der Waals surface area contributed by atoms with Crippen molar-refractivity contribution >= 4 is 23.8 Å². The van der Waals surface area contributed by atoms with Gasteiger partial charge in [-0.15, -0.1) is 0 Å². The molecule has 0 spiro atoms. The van der Waals surface area contributed by atoms with Gasteiger partial charge in [0, 0.05) is 25.4 Å². The summed E-state index contributed by atoms with van der Waals surface area (Å²) in [7, 11) is 0. The van der Waals surface area contributed by atoms with E-state index in [1.54, 1.807) is 23.3 Å². The number of hydrogen-bond donors (Lipinski definition) is 1. The molecule has 0 fully saturated rings. The van der Waals surface area contributed by atoms with Crippen LogP contribution in [0.4, 0.5) is 0 Å². The third-order valence-electron chi connectivity index (χ3n) is 7.12. The minimum atomic E-state index is -1.02. The Bertz CT molecular complexity index is 1280. The van der Waals surface area contributed by atoms with Gasteiger partial charge in [-0.3, -0.25) is 19.2 Å². The molecule has 1 N–H and O–H groups in total. The van der Waals surface area contributed by atoms with E-state index < -0.39 is 11.9 Å². The summed E-state index contributed by atoms with van der Waals surface area (Å²) in [5.41, 5.74) is 4.42. The fourth-order valence-corrected chi connectivity index (χ4v) is 4.40. The highest BCUT2D eigenvalue weighted by molar-refractivity contribution is 5.89. The second-order valence-electron chi connectivity index (χ2n) is 11.2. The molecule has 3 aromatic rings. The highest BCUT2D eigenvalue weighted by Crippen LogP contribution is 2.20. The number of rotatable bonds is 16. The quantitative estimate of drug-likeness (QED) is 0.218. The molecule has 0 bridgehead atoms. The van der Waals surface area contributed by atoms with Crippen molar-refractivity contribution in [3.05, 3.63) is 96.6 Å². The molecule has 0 saturated carbocycles. The summed E-state index contributed by atoms with van der Waals surface area (Å²) in [4.78, 5) is 51.4. The normalized spacial score (nSPS) is 12.7. The highest BCUT2D eigenvalue weighted by Gasteiger charge is 2.36. The SMILES string of the molecule is CC[C@H](C)CN(C(=O)Cn1ccnc1)N(C(=O)CCC(C)C)[C@@H](CC=Cc1ccccc1)C(=O)NOCc1ccccc1. The first-order valence-corrected chi connectivity index (χ1v) is 15.0. The Morgan fingerprint density at radius 3 is 2.33 bits per heavy atom. The number of amides is 3. The molecule has 0 aliphatic heterocycles. The monoisotopic (exact) mass is 587 g/mol. The summed E-state index contributed by atoms with van der Waals surface area (Å²) in [5.74, 6) is -0.727. The van der Waals surface area contributed by atoms with Gasteiger partial charge in [0.2, 0.25) is 5.91 Å². The van der Waals surface area contributed by atoms with Crippen LogP contribution in [0.3, 0.4) is 0 Å². The molecule has 2 aromatic carbocycles. The Kier molecular flexibility index (Phi) is 13.7. The molecule has 3 amide bonds. The molecule has 43 heavy (non-hydrogen) atoms. The van der Waals surface area contributed by atoms with Crippen LogP contribution in [0.2, 0.25) is 0 Å². The summed E-state index contributed by atoms with van der Waals surface area (Å²) >= 11 is 0. The van der Waals surface area contributed by atoms with Crippen LogP contribution in [-0.4, -0.2) is 49.9 Å². The van der Waals surface area contributed by atoms with Crippen molar-refractivity contribution in [3.8, 4) is 0 Å². The first kappa shape index (κ1) is 33.3. The van der Waals surface area contributed by atoms with Gasteiger partial charge in [0.1, 0.15) is 12.6 Å². The lowest BCUT2D eigenvalue weighted by atomic mass is 10.1. The number of carbonyl (C=O) groups is 3. The Balaban J connectivity index is 1.97. The smallest absolute Gasteiger partial charge is 0.268 e. The van der Waals surface area contributed by atoms with Crippen molar-refractivity contribution in [1.29, 1.82) is 0 Å². The van der Waals surface area contributed by atoms with Gasteiger partial charge < -0.3 is 4.57 Å². The molecule has 1 heterocycles. The number of hydrogen-bond acceptors (Lipinski definition) is 5. The lowest BCUT2D eigenvalue weighted by Gasteiger charge is -2.40. The topological polar surface area (TPSA) is 96.8 Å². The van der Waals surface area contributed by atoms with E-state index in [0.29, 0.717) is 6.42 Å². The number of nitrogens with one attached hydrogen (secondary N) is 1. The zero-order valence-corrected chi connectivity index (χ0v) is 25.8. The molecule has 0 aliphatic rings. The van der Waals surface area contributed by atoms with E-state index in [4.69, 9.17) is 4.84 Å². The zero-order chi connectivity index (χ0) is 31.0. The number of benzene rings is 2. The standard InChI is InChI=1S/C34H45N5O4/c1-5-28(4)23-38(33(41)24-37-22-21-35-26-37)39(32(40)20-19-27(2)3)31(18-12-17-29-13-8-6-9-14-29)34(42)36-43-25-30-15-10-7-11-16-30/h6-17,21-22,26-28,31H,5,18-20,23-25H2,1-4H3,(H,36,42)/t28-,31-/m0/s1. The molecule has 0 radical (unpaired) electrons. The van der Waals surface area contributed by atoms with Crippen LogP contribution in [-0.2, 0) is 32.4 Å². The molecular weight excluding hydrogens is 542 g/mol. The van der Waals surface area contributed by atoms with E-state index in [2.05, 4.69) is 10.5 Å². The average molecular weight is 588 g/mol. The third-order valence-corrected chi connectivity index (χ3v) is 7.12. The lowest BCUT2D eigenvalue weighted by molar-refractivity contribution is -0.177. The van der Waals surface area contributed by atoms with Gasteiger partial charge in [0.05, 0.1) is 12.9 Å². The van der Waals surface area contributed by atoms with Gasteiger partial charge in [-0.1, -0.05) is 107 Å². The lowest BCUT2D eigenvalue weighted by Crippen LogP contribution is -2.60. The second kappa shape index (κ2) is 17.7. The van der Waals surface area contributed by atoms with E-state index >= 15 is 0 Å². The molecule has 9 heteroatoms. The molecule has 2 atom stereocenters. The van der Waals surface area contributed by atoms with E-state index in [0.717, 1.165) is 17.5 Å². The minimum Gasteiger partial charge on any atom is -0.328 e. The van der Waals surface area contributed by atoms with Crippen molar-refractivity contribution in [1.82, 2.24) is 25.0 Å². The van der Waals surface area contributed by atoms with Gasteiger partial charge in [0.15, 0.2) is 0 Å². The van der Waals surface area contributed by atoms with Crippen LogP contribution in [0.1, 0.15) is 64.5 Å². The van der Waals surface area contributed by atoms with Crippen LogP contribution in [0, 0.1) is 11.8 Å². The number of nitrogens with zero attached hydrogens (tertiary/aromatic N) is 4. The van der Waals surface area contributed by atoms with Crippen LogP contribution < -0.4 is 5.48 Å². The maximum absolute atomic E-state index is 14.0. The number of hydroxylamine groups is 1. The number of aromatic nitrogens is 2. The largest absolute Gasteiger partial charge is 0.328 e. The zero-order valence-electron chi connectivity index (χ0n) is 25.8. The van der Waals surface area contributed by atoms with Gasteiger partial charge in [-0.05, 0) is 35.8 Å². The van der Waals surface area contributed by atoms with E-state index in [1.165, 1.54) is 10.0 Å². The molecule has 0 saturated heterocycles. The predicted molar refractivity (Wildman–Crippen MR) is 168 cm³/mol. The minimum absolute atomic E-state index is 0.0108. The first-order chi connectivity index (χ1) is 20.8. The Hall–Kier alpha value is -4.24. The van der Waals surface area contributed by atoms with Crippen LogP contribution in [0.25, 0.3) is 6.08 Å². The van der Waals surface area contributed by atoms with Gasteiger partial charge in [-0.2, -0.15) is 0 Å².